The second-order valence-electron chi connectivity index (χ2n) is 20.5. The third-order valence-corrected chi connectivity index (χ3v) is 16.3. The molecule has 0 aliphatic carbocycles. The molecule has 16 N–H and O–H groups in total. The Morgan fingerprint density at radius 1 is 0.488 bits per heavy atom. The maximum atomic E-state index is 14.4. The summed E-state index contributed by atoms with van der Waals surface area (Å²) < 4.78 is 0. The van der Waals surface area contributed by atoms with Crippen LogP contribution >= 0.6 is 21.6 Å². The average Bonchev–Trinajstić information content (AvgIpc) is 4.11. The lowest BCUT2D eigenvalue weighted by atomic mass is 10.0. The number of carboxylic acids is 2. The van der Waals surface area contributed by atoms with Gasteiger partial charge in [-0.1, -0.05) is 62.4 Å². The molecule has 0 unspecified atom stereocenters. The maximum Gasteiger partial charge on any atom is 0.325 e. The largest absolute Gasteiger partial charge is 0.480 e. The van der Waals surface area contributed by atoms with Gasteiger partial charge in [0, 0.05) is 23.6 Å². The molecular formula is C50H80N14O16S2. The first-order chi connectivity index (χ1) is 38.1. The number of nitrogens with zero attached hydrogens (tertiary/aromatic N) is 2. The third kappa shape index (κ3) is 21.5. The van der Waals surface area contributed by atoms with E-state index in [1.165, 1.54) is 37.5 Å². The van der Waals surface area contributed by atoms with Crippen LogP contribution in [0.1, 0.15) is 94.9 Å². The van der Waals surface area contributed by atoms with E-state index in [-0.39, 0.29) is 25.9 Å². The molecule has 30 nitrogen and oxygen atoms in total. The summed E-state index contributed by atoms with van der Waals surface area (Å²) in [6, 6.07) is -12.0. The second-order valence-corrected chi connectivity index (χ2v) is 23.6. The van der Waals surface area contributed by atoms with Crippen molar-refractivity contribution in [2.75, 3.05) is 26.2 Å². The molecule has 12 atom stereocenters. The normalized spacial score (nSPS) is 18.5. The van der Waals surface area contributed by atoms with Gasteiger partial charge in [0.1, 0.15) is 48.3 Å². The van der Waals surface area contributed by atoms with Crippen molar-refractivity contribution < 1.29 is 77.3 Å². The first-order valence-corrected chi connectivity index (χ1v) is 28.6. The van der Waals surface area contributed by atoms with Crippen LogP contribution in [0.5, 0.6) is 0 Å². The Morgan fingerprint density at radius 2 is 0.805 bits per heavy atom. The minimum atomic E-state index is -1.33. The maximum absolute atomic E-state index is 14.4. The molecule has 458 valence electrons. The highest BCUT2D eigenvalue weighted by Crippen LogP contribution is 2.36. The minimum Gasteiger partial charge on any atom is -0.480 e. The first-order valence-electron chi connectivity index (χ1n) is 26.4. The topological polar surface area (TPSA) is 458 Å². The van der Waals surface area contributed by atoms with Crippen molar-refractivity contribution in [3.05, 3.63) is 24.6 Å². The smallest absolute Gasteiger partial charge is 0.325 e. The van der Waals surface area contributed by atoms with Crippen molar-refractivity contribution in [2.45, 2.75) is 166 Å². The SMILES string of the molecule is C=C(NC(=O)CNC(=O)[C@@H]1CCCN1C(=O)[C@H](NC(=O)[C@H](C)N)[C@H](C)SS[C@@H](C)[C@@H](NC(=O)[C@H](C)N)C(=O)N1CCC[C@H]1C(=O)NCC(=O)NC(=C)C(=O)N[C@H](C(=O)N[C@@H](C)C(=O)O)C(C)C)C(=O)N[C@H](C(=O)N[C@@H](C)C(=O)O)C(C)C. The summed E-state index contributed by atoms with van der Waals surface area (Å²) in [4.78, 5) is 184. The van der Waals surface area contributed by atoms with Crippen molar-refractivity contribution in [1.82, 2.24) is 63.0 Å². The van der Waals surface area contributed by atoms with Crippen LogP contribution in [0.3, 0.4) is 0 Å². The number of nitrogens with two attached hydrogens (primary N) is 2. The zero-order valence-electron chi connectivity index (χ0n) is 47.6. The molecule has 2 rings (SSSR count). The predicted molar refractivity (Wildman–Crippen MR) is 299 cm³/mol. The van der Waals surface area contributed by atoms with E-state index >= 15 is 0 Å². The summed E-state index contributed by atoms with van der Waals surface area (Å²) in [5.41, 5.74) is 10.8. The lowest BCUT2D eigenvalue weighted by molar-refractivity contribution is -0.142. The Labute approximate surface area is 482 Å². The summed E-state index contributed by atoms with van der Waals surface area (Å²) in [6.45, 7) is 20.7. The fourth-order valence-electron chi connectivity index (χ4n) is 7.94. The molecule has 82 heavy (non-hydrogen) atoms. The fraction of sp³-hybridized carbons (Fsp3) is 0.640. The van der Waals surface area contributed by atoms with Crippen molar-refractivity contribution >= 4 is 104 Å². The standard InChI is InChI=1S/C50H80N14O16S2/c1-21(2)35(45(73)57-27(9)49(77)78)59-41(69)25(7)55-33(65)19-53-43(71)31-15-13-17-63(31)47(75)37(61-39(67)23(5)51)29(11)81-82-30(12)38(62-40(68)24(6)52)48(76)64-18-14-16-32(64)44(72)54-20-34(66)56-26(8)42(70)60-36(22(3)4)46(74)58-28(10)50(79)80/h21-24,27-32,35-38H,7-8,13-20,51-52H2,1-6,9-12H3,(H,53,71)(H,54,72)(H,55,65)(H,56,66)(H,57,73)(H,58,74)(H,59,69)(H,60,70)(H,61,67)(H,62,68)(H,77,78)(H,79,80)/t23-,24-,27-,28-,29-,30-,31-,32-,35-,36-,37+,38+/m0/s1. The number of rotatable bonds is 31. The van der Waals surface area contributed by atoms with E-state index in [1.54, 1.807) is 41.5 Å². The van der Waals surface area contributed by atoms with E-state index < -0.39 is 190 Å². The van der Waals surface area contributed by atoms with E-state index in [9.17, 15) is 67.1 Å². The average molecular weight is 1200 g/mol. The lowest BCUT2D eigenvalue weighted by Gasteiger charge is -2.33. The van der Waals surface area contributed by atoms with Crippen molar-refractivity contribution in [3.63, 3.8) is 0 Å². The molecule has 0 aromatic heterocycles. The lowest BCUT2D eigenvalue weighted by Crippen LogP contribution is -2.59. The number of likely N-dealkylation sites (tertiary alicyclic amines) is 2. The highest BCUT2D eigenvalue weighted by molar-refractivity contribution is 8.77. The summed E-state index contributed by atoms with van der Waals surface area (Å²) >= 11 is 0. The van der Waals surface area contributed by atoms with E-state index in [2.05, 4.69) is 66.3 Å². The highest BCUT2D eigenvalue weighted by Gasteiger charge is 2.43. The Hall–Kier alpha value is -7.32. The van der Waals surface area contributed by atoms with Crippen LogP contribution in [-0.4, -0.2) is 200 Å². The van der Waals surface area contributed by atoms with Crippen LogP contribution in [0.2, 0.25) is 0 Å². The van der Waals surface area contributed by atoms with E-state index in [0.29, 0.717) is 12.8 Å². The monoisotopic (exact) mass is 1200 g/mol. The number of nitrogens with one attached hydrogen (secondary N) is 10. The molecule has 2 heterocycles. The molecule has 2 fully saturated rings. The molecule has 0 bridgehead atoms. The number of carboxylic acid groups (broad SMARTS) is 2. The zero-order valence-corrected chi connectivity index (χ0v) is 49.3. The van der Waals surface area contributed by atoms with Gasteiger partial charge < -0.3 is 84.6 Å². The number of hydrogen-bond donors (Lipinski definition) is 14. The van der Waals surface area contributed by atoms with Gasteiger partial charge in [-0.3, -0.25) is 67.1 Å². The van der Waals surface area contributed by atoms with Gasteiger partial charge in [0.05, 0.1) is 36.6 Å². The molecule has 32 heteroatoms. The Kier molecular flexibility index (Phi) is 28.4. The zero-order chi connectivity index (χ0) is 62.6. The molecule has 0 aromatic carbocycles. The second kappa shape index (κ2) is 33.0. The number of carbonyl (C=O) groups is 14. The molecule has 0 radical (unpaired) electrons. The fourth-order valence-corrected chi connectivity index (χ4v) is 10.6. The van der Waals surface area contributed by atoms with E-state index in [1.807, 2.05) is 0 Å². The van der Waals surface area contributed by atoms with Gasteiger partial charge in [-0.15, -0.1) is 0 Å². The van der Waals surface area contributed by atoms with Crippen molar-refractivity contribution in [3.8, 4) is 0 Å². The molecular weight excluding hydrogens is 1120 g/mol. The van der Waals surface area contributed by atoms with Crippen LogP contribution in [0, 0.1) is 11.8 Å². The molecule has 2 aliphatic rings. The minimum absolute atomic E-state index is 0.0708. The van der Waals surface area contributed by atoms with Crippen LogP contribution < -0.4 is 64.6 Å². The summed E-state index contributed by atoms with van der Waals surface area (Å²) in [6.07, 6.45) is 1.03. The van der Waals surface area contributed by atoms with Gasteiger partial charge in [-0.05, 0) is 79.1 Å². The Bertz CT molecular complexity index is 2300. The van der Waals surface area contributed by atoms with E-state index in [4.69, 9.17) is 21.7 Å². The Balaban J connectivity index is 2.18. The van der Waals surface area contributed by atoms with Gasteiger partial charge in [0.15, 0.2) is 0 Å². The van der Waals surface area contributed by atoms with Gasteiger partial charge >= 0.3 is 11.9 Å². The number of carbonyl (C=O) groups excluding carboxylic acids is 12. The van der Waals surface area contributed by atoms with Crippen molar-refractivity contribution in [1.29, 1.82) is 0 Å². The number of aliphatic carboxylic acids is 2. The summed E-state index contributed by atoms with van der Waals surface area (Å²) in [5.74, 6) is -13.2. The van der Waals surface area contributed by atoms with E-state index in [0.717, 1.165) is 21.6 Å². The number of amides is 12. The van der Waals surface area contributed by atoms with Crippen LogP contribution in [0.15, 0.2) is 24.6 Å². The highest BCUT2D eigenvalue weighted by atomic mass is 33.1. The van der Waals surface area contributed by atoms with Gasteiger partial charge in [-0.2, -0.15) is 0 Å². The molecule has 2 saturated heterocycles. The molecule has 0 aromatic rings. The van der Waals surface area contributed by atoms with Crippen LogP contribution in [0.4, 0.5) is 0 Å². The van der Waals surface area contributed by atoms with Crippen LogP contribution in [-0.2, 0) is 67.1 Å². The van der Waals surface area contributed by atoms with Crippen molar-refractivity contribution in [2.24, 2.45) is 23.3 Å². The quantitative estimate of drug-likeness (QED) is 0.0231. The number of hydrogen-bond acceptors (Lipinski definition) is 18. The molecule has 0 saturated carbocycles. The van der Waals surface area contributed by atoms with Crippen LogP contribution in [0.25, 0.3) is 0 Å². The molecule has 12 amide bonds. The van der Waals surface area contributed by atoms with Gasteiger partial charge in [0.25, 0.3) is 11.8 Å². The molecule has 0 spiro atoms. The third-order valence-electron chi connectivity index (χ3n) is 12.8. The Morgan fingerprint density at radius 3 is 1.09 bits per heavy atom. The predicted octanol–water partition coefficient (Wildman–Crippen LogP) is -4.26. The molecule has 2 aliphatic heterocycles. The summed E-state index contributed by atoms with van der Waals surface area (Å²) in [5, 5.41) is 40.6. The van der Waals surface area contributed by atoms with Gasteiger partial charge in [-0.25, -0.2) is 0 Å². The first kappa shape index (κ1) is 70.8. The van der Waals surface area contributed by atoms with Gasteiger partial charge in [0.2, 0.25) is 59.1 Å². The summed E-state index contributed by atoms with van der Waals surface area (Å²) in [7, 11) is 2.11.